The van der Waals surface area contributed by atoms with Gasteiger partial charge in [-0.1, -0.05) is 6.92 Å². The number of carbonyl (C=O) groups excluding carboxylic acids is 1. The number of amides is 1. The predicted molar refractivity (Wildman–Crippen MR) is 70.0 cm³/mol. The van der Waals surface area contributed by atoms with Crippen LogP contribution in [0.2, 0.25) is 0 Å². The first-order valence-corrected chi connectivity index (χ1v) is 6.05. The number of carbonyl (C=O) groups is 1. The van der Waals surface area contributed by atoms with Crippen molar-refractivity contribution in [3.8, 4) is 6.07 Å². The molecular formula is C13H18N4O. The van der Waals surface area contributed by atoms with Gasteiger partial charge in [-0.15, -0.1) is 0 Å². The van der Waals surface area contributed by atoms with Crippen LogP contribution in [0.5, 0.6) is 0 Å². The van der Waals surface area contributed by atoms with Crippen LogP contribution in [0.15, 0.2) is 18.3 Å². The molecular weight excluding hydrogens is 228 g/mol. The summed E-state index contributed by atoms with van der Waals surface area (Å²) in [6.07, 6.45) is 2.84. The number of hydrogen-bond donors (Lipinski definition) is 2. The molecule has 1 aromatic heterocycles. The van der Waals surface area contributed by atoms with Crippen LogP contribution < -0.4 is 10.6 Å². The SMILES string of the molecule is CCC(C)NC(=O)CCNc1ccc(C#N)cn1. The van der Waals surface area contributed by atoms with E-state index in [9.17, 15) is 4.79 Å². The average Bonchev–Trinajstić information content (AvgIpc) is 2.39. The van der Waals surface area contributed by atoms with Gasteiger partial charge in [-0.05, 0) is 25.5 Å². The standard InChI is InChI=1S/C13H18N4O/c1-3-10(2)17-13(18)6-7-15-12-5-4-11(8-14)9-16-12/h4-5,9-10H,3,6-7H2,1-2H3,(H,15,16)(H,17,18). The molecule has 0 radical (unpaired) electrons. The Morgan fingerprint density at radius 1 is 1.56 bits per heavy atom. The Labute approximate surface area is 107 Å². The summed E-state index contributed by atoms with van der Waals surface area (Å²) in [4.78, 5) is 15.5. The molecule has 0 fully saturated rings. The van der Waals surface area contributed by atoms with Gasteiger partial charge in [0.25, 0.3) is 0 Å². The first-order valence-electron chi connectivity index (χ1n) is 6.05. The van der Waals surface area contributed by atoms with Gasteiger partial charge in [0.15, 0.2) is 0 Å². The van der Waals surface area contributed by atoms with E-state index in [2.05, 4.69) is 15.6 Å². The van der Waals surface area contributed by atoms with Gasteiger partial charge in [0.1, 0.15) is 11.9 Å². The number of nitriles is 1. The summed E-state index contributed by atoms with van der Waals surface area (Å²) in [6, 6.07) is 5.63. The average molecular weight is 246 g/mol. The van der Waals surface area contributed by atoms with Crippen LogP contribution >= 0.6 is 0 Å². The predicted octanol–water partition coefficient (Wildman–Crippen LogP) is 1.67. The van der Waals surface area contributed by atoms with E-state index < -0.39 is 0 Å². The van der Waals surface area contributed by atoms with Gasteiger partial charge in [-0.3, -0.25) is 4.79 Å². The maximum Gasteiger partial charge on any atom is 0.221 e. The zero-order chi connectivity index (χ0) is 13.4. The normalized spacial score (nSPS) is 11.4. The van der Waals surface area contributed by atoms with Crippen molar-refractivity contribution in [1.29, 1.82) is 5.26 Å². The number of hydrogen-bond acceptors (Lipinski definition) is 4. The van der Waals surface area contributed by atoms with E-state index in [0.29, 0.717) is 24.3 Å². The molecule has 0 spiro atoms. The zero-order valence-corrected chi connectivity index (χ0v) is 10.7. The van der Waals surface area contributed by atoms with Gasteiger partial charge in [0, 0.05) is 25.2 Å². The Morgan fingerprint density at radius 3 is 2.89 bits per heavy atom. The van der Waals surface area contributed by atoms with E-state index in [0.717, 1.165) is 6.42 Å². The summed E-state index contributed by atoms with van der Waals surface area (Å²) >= 11 is 0. The summed E-state index contributed by atoms with van der Waals surface area (Å²) in [6.45, 7) is 4.54. The smallest absolute Gasteiger partial charge is 0.221 e. The lowest BCUT2D eigenvalue weighted by atomic mass is 10.2. The highest BCUT2D eigenvalue weighted by molar-refractivity contribution is 5.76. The van der Waals surface area contributed by atoms with Crippen LogP contribution in [0.25, 0.3) is 0 Å². The summed E-state index contributed by atoms with van der Waals surface area (Å²) in [7, 11) is 0. The molecule has 0 bridgehead atoms. The van der Waals surface area contributed by atoms with E-state index in [-0.39, 0.29) is 11.9 Å². The van der Waals surface area contributed by atoms with Gasteiger partial charge in [0.05, 0.1) is 5.56 Å². The Hall–Kier alpha value is -2.09. The summed E-state index contributed by atoms with van der Waals surface area (Å²) in [5.74, 6) is 0.704. The van der Waals surface area contributed by atoms with Gasteiger partial charge in [0.2, 0.25) is 5.91 Å². The highest BCUT2D eigenvalue weighted by atomic mass is 16.1. The highest BCUT2D eigenvalue weighted by Crippen LogP contribution is 2.03. The topological polar surface area (TPSA) is 77.8 Å². The van der Waals surface area contributed by atoms with Gasteiger partial charge < -0.3 is 10.6 Å². The quantitative estimate of drug-likeness (QED) is 0.800. The van der Waals surface area contributed by atoms with Crippen LogP contribution in [0.4, 0.5) is 5.82 Å². The number of nitrogens with zero attached hydrogens (tertiary/aromatic N) is 2. The number of pyridine rings is 1. The molecule has 5 nitrogen and oxygen atoms in total. The fourth-order valence-corrected chi connectivity index (χ4v) is 1.32. The van der Waals surface area contributed by atoms with Gasteiger partial charge >= 0.3 is 0 Å². The summed E-state index contributed by atoms with van der Waals surface area (Å²) < 4.78 is 0. The number of anilines is 1. The van der Waals surface area contributed by atoms with E-state index in [1.54, 1.807) is 12.1 Å². The molecule has 0 aliphatic rings. The zero-order valence-electron chi connectivity index (χ0n) is 10.7. The fourth-order valence-electron chi connectivity index (χ4n) is 1.32. The number of rotatable bonds is 6. The molecule has 0 aliphatic heterocycles. The van der Waals surface area contributed by atoms with Crippen molar-refractivity contribution >= 4 is 11.7 Å². The minimum absolute atomic E-state index is 0.0329. The Kier molecular flexibility index (Phi) is 5.65. The lowest BCUT2D eigenvalue weighted by molar-refractivity contribution is -0.121. The van der Waals surface area contributed by atoms with Crippen LogP contribution in [0.1, 0.15) is 32.3 Å². The summed E-state index contributed by atoms with van der Waals surface area (Å²) in [5.41, 5.74) is 0.523. The molecule has 0 aliphatic carbocycles. The van der Waals surface area contributed by atoms with Crippen molar-refractivity contribution in [1.82, 2.24) is 10.3 Å². The monoisotopic (exact) mass is 246 g/mol. The molecule has 1 heterocycles. The lowest BCUT2D eigenvalue weighted by Crippen LogP contribution is -2.32. The molecule has 1 unspecified atom stereocenters. The highest BCUT2D eigenvalue weighted by Gasteiger charge is 2.04. The van der Waals surface area contributed by atoms with Crippen molar-refractivity contribution in [2.45, 2.75) is 32.7 Å². The maximum atomic E-state index is 11.5. The molecule has 5 heteroatoms. The summed E-state index contributed by atoms with van der Waals surface area (Å²) in [5, 5.41) is 14.5. The second-order valence-corrected chi connectivity index (χ2v) is 4.10. The third kappa shape index (κ3) is 4.83. The molecule has 1 aromatic rings. The van der Waals surface area contributed by atoms with E-state index in [4.69, 9.17) is 5.26 Å². The van der Waals surface area contributed by atoms with Gasteiger partial charge in [-0.2, -0.15) is 5.26 Å². The molecule has 2 N–H and O–H groups in total. The minimum Gasteiger partial charge on any atom is -0.370 e. The van der Waals surface area contributed by atoms with Crippen molar-refractivity contribution in [2.75, 3.05) is 11.9 Å². The number of aromatic nitrogens is 1. The minimum atomic E-state index is 0.0329. The third-order valence-electron chi connectivity index (χ3n) is 2.57. The lowest BCUT2D eigenvalue weighted by Gasteiger charge is -2.11. The molecule has 0 saturated heterocycles. The molecule has 0 saturated carbocycles. The van der Waals surface area contributed by atoms with Crippen molar-refractivity contribution in [3.05, 3.63) is 23.9 Å². The largest absolute Gasteiger partial charge is 0.370 e. The first kappa shape index (κ1) is 14.0. The second kappa shape index (κ2) is 7.28. The Balaban J connectivity index is 2.29. The molecule has 1 rings (SSSR count). The van der Waals surface area contributed by atoms with Crippen molar-refractivity contribution in [2.24, 2.45) is 0 Å². The van der Waals surface area contributed by atoms with Crippen LogP contribution in [0, 0.1) is 11.3 Å². The second-order valence-electron chi connectivity index (χ2n) is 4.10. The van der Waals surface area contributed by atoms with E-state index in [1.165, 1.54) is 6.20 Å². The van der Waals surface area contributed by atoms with Crippen LogP contribution in [-0.4, -0.2) is 23.5 Å². The Bertz CT molecular complexity index is 422. The fraction of sp³-hybridized carbons (Fsp3) is 0.462. The van der Waals surface area contributed by atoms with Crippen molar-refractivity contribution in [3.63, 3.8) is 0 Å². The number of nitrogens with one attached hydrogen (secondary N) is 2. The van der Waals surface area contributed by atoms with E-state index >= 15 is 0 Å². The third-order valence-corrected chi connectivity index (χ3v) is 2.57. The molecule has 0 aromatic carbocycles. The van der Waals surface area contributed by atoms with Crippen LogP contribution in [0.3, 0.4) is 0 Å². The van der Waals surface area contributed by atoms with Gasteiger partial charge in [-0.25, -0.2) is 4.98 Å². The molecule has 18 heavy (non-hydrogen) atoms. The molecule has 1 amide bonds. The Morgan fingerprint density at radius 2 is 2.33 bits per heavy atom. The van der Waals surface area contributed by atoms with Crippen molar-refractivity contribution < 1.29 is 4.79 Å². The molecule has 96 valence electrons. The van der Waals surface area contributed by atoms with Crippen LogP contribution in [-0.2, 0) is 4.79 Å². The van der Waals surface area contributed by atoms with E-state index in [1.807, 2.05) is 19.9 Å². The molecule has 1 atom stereocenters. The maximum absolute atomic E-state index is 11.5. The first-order chi connectivity index (χ1) is 8.65.